The molecule has 1 amide bonds. The molecule has 36 heavy (non-hydrogen) atoms. The van der Waals surface area contributed by atoms with E-state index in [1.807, 2.05) is 0 Å². The lowest BCUT2D eigenvalue weighted by atomic mass is 9.95. The maximum Gasteiger partial charge on any atom is 0.416 e. The van der Waals surface area contributed by atoms with Crippen LogP contribution in [0, 0.1) is 0 Å². The van der Waals surface area contributed by atoms with Gasteiger partial charge in [-0.3, -0.25) is 4.79 Å². The van der Waals surface area contributed by atoms with Crippen molar-refractivity contribution in [1.82, 2.24) is 4.98 Å². The van der Waals surface area contributed by atoms with Gasteiger partial charge in [0.25, 0.3) is 0 Å². The molecule has 184 valence electrons. The molecule has 0 aliphatic carbocycles. The van der Waals surface area contributed by atoms with E-state index in [9.17, 15) is 31.1 Å². The van der Waals surface area contributed by atoms with Gasteiger partial charge in [0.1, 0.15) is 0 Å². The van der Waals surface area contributed by atoms with Crippen LogP contribution in [0.1, 0.15) is 22.3 Å². The molecule has 0 fully saturated rings. The Balaban J connectivity index is 1.61. The average molecular weight is 518 g/mol. The normalized spacial score (nSPS) is 12.2. The Morgan fingerprint density at radius 3 is 1.89 bits per heavy atom. The van der Waals surface area contributed by atoms with Gasteiger partial charge in [0.15, 0.2) is 0 Å². The van der Waals surface area contributed by atoms with Gasteiger partial charge in [0.2, 0.25) is 5.91 Å². The standard InChI is InChI=1S/C26H16F6N2OS/c27-25(28,29)18-8-4-16(5-9-18)21(17-6-10-19(11-7-17)26(30,31)32)2-1-3-24(35)34-20-12-13-22-23(14-20)36-15-33-22/h1-15H,(H,34,35)/b3-1+. The number of nitrogens with one attached hydrogen (secondary N) is 1. The number of anilines is 1. The van der Waals surface area contributed by atoms with Crippen molar-refractivity contribution in [3.05, 3.63) is 113 Å². The molecule has 10 heteroatoms. The fraction of sp³-hybridized carbons (Fsp3) is 0.0769. The van der Waals surface area contributed by atoms with E-state index < -0.39 is 29.4 Å². The van der Waals surface area contributed by atoms with E-state index in [1.54, 1.807) is 23.7 Å². The minimum atomic E-state index is -4.53. The molecule has 0 saturated carbocycles. The number of carbonyl (C=O) groups is 1. The fourth-order valence-corrected chi connectivity index (χ4v) is 4.10. The van der Waals surface area contributed by atoms with Gasteiger partial charge >= 0.3 is 12.4 Å². The summed E-state index contributed by atoms with van der Waals surface area (Å²) in [5.41, 5.74) is 2.34. The number of allylic oxidation sites excluding steroid dienone is 2. The van der Waals surface area contributed by atoms with Crippen LogP contribution in [0.3, 0.4) is 0 Å². The summed E-state index contributed by atoms with van der Waals surface area (Å²) in [5, 5.41) is 2.70. The molecule has 1 N–H and O–H groups in total. The highest BCUT2D eigenvalue weighted by atomic mass is 32.1. The van der Waals surface area contributed by atoms with E-state index in [2.05, 4.69) is 10.3 Å². The van der Waals surface area contributed by atoms with Crippen LogP contribution in [0.25, 0.3) is 15.8 Å². The van der Waals surface area contributed by atoms with Crippen molar-refractivity contribution in [3.63, 3.8) is 0 Å². The number of aromatic nitrogens is 1. The molecule has 3 aromatic carbocycles. The summed E-state index contributed by atoms with van der Waals surface area (Å²) in [4.78, 5) is 16.5. The Hall–Kier alpha value is -3.92. The van der Waals surface area contributed by atoms with E-state index in [-0.39, 0.29) is 0 Å². The molecule has 0 radical (unpaired) electrons. The first kappa shape index (κ1) is 25.2. The molecule has 0 saturated heterocycles. The third kappa shape index (κ3) is 6.01. The monoisotopic (exact) mass is 518 g/mol. The zero-order valence-corrected chi connectivity index (χ0v) is 19.0. The van der Waals surface area contributed by atoms with Crippen LogP contribution < -0.4 is 5.32 Å². The van der Waals surface area contributed by atoms with Gasteiger partial charge in [-0.15, -0.1) is 11.3 Å². The highest BCUT2D eigenvalue weighted by molar-refractivity contribution is 7.16. The quantitative estimate of drug-likeness (QED) is 0.165. The van der Waals surface area contributed by atoms with Crippen LogP contribution in [-0.2, 0) is 17.1 Å². The van der Waals surface area contributed by atoms with Crippen LogP contribution in [0.2, 0.25) is 0 Å². The van der Waals surface area contributed by atoms with Crippen LogP contribution in [0.5, 0.6) is 0 Å². The molecule has 0 aliphatic heterocycles. The van der Waals surface area contributed by atoms with Crippen molar-refractivity contribution in [3.8, 4) is 0 Å². The number of nitrogens with zero attached hydrogens (tertiary/aromatic N) is 1. The SMILES string of the molecule is O=C(/C=C/C=C(c1ccc(C(F)(F)F)cc1)c1ccc(C(F)(F)F)cc1)Nc1ccc2ncsc2c1. The molecule has 1 heterocycles. The third-order valence-corrected chi connectivity index (χ3v) is 5.95. The second-order valence-corrected chi connectivity index (χ2v) is 8.50. The van der Waals surface area contributed by atoms with Crippen molar-refractivity contribution in [2.75, 3.05) is 5.32 Å². The molecule has 0 atom stereocenters. The third-order valence-electron chi connectivity index (χ3n) is 5.16. The Kier molecular flexibility index (Phi) is 6.98. The zero-order chi connectivity index (χ0) is 25.9. The number of hydrogen-bond acceptors (Lipinski definition) is 3. The molecular weight excluding hydrogens is 502 g/mol. The molecule has 0 spiro atoms. The van der Waals surface area contributed by atoms with Crippen molar-refractivity contribution < 1.29 is 31.1 Å². The molecule has 0 bridgehead atoms. The number of alkyl halides is 6. The Morgan fingerprint density at radius 2 is 1.36 bits per heavy atom. The lowest BCUT2D eigenvalue weighted by molar-refractivity contribution is -0.138. The Labute approximate surface area is 205 Å². The number of carbonyl (C=O) groups excluding carboxylic acids is 1. The summed E-state index contributed by atoms with van der Waals surface area (Å²) < 4.78 is 78.6. The minimum Gasteiger partial charge on any atom is -0.322 e. The second kappa shape index (κ2) is 9.98. The number of fused-ring (bicyclic) bond motifs is 1. The van der Waals surface area contributed by atoms with Crippen LogP contribution >= 0.6 is 11.3 Å². The van der Waals surface area contributed by atoms with Crippen molar-refractivity contribution in [2.45, 2.75) is 12.4 Å². The maximum atomic E-state index is 13.0. The second-order valence-electron chi connectivity index (χ2n) is 7.61. The first-order valence-electron chi connectivity index (χ1n) is 10.4. The van der Waals surface area contributed by atoms with Gasteiger partial charge in [-0.2, -0.15) is 26.3 Å². The topological polar surface area (TPSA) is 42.0 Å². The van der Waals surface area contributed by atoms with Crippen LogP contribution in [0.15, 0.2) is 90.5 Å². The number of benzene rings is 3. The van der Waals surface area contributed by atoms with Crippen LogP contribution in [0.4, 0.5) is 32.0 Å². The predicted molar refractivity (Wildman–Crippen MR) is 127 cm³/mol. The molecule has 0 aliphatic rings. The predicted octanol–water partition coefficient (Wildman–Crippen LogP) is 7.96. The van der Waals surface area contributed by atoms with E-state index in [4.69, 9.17) is 0 Å². The van der Waals surface area contributed by atoms with Gasteiger partial charge in [-0.1, -0.05) is 36.4 Å². The Morgan fingerprint density at radius 1 is 0.806 bits per heavy atom. The van der Waals surface area contributed by atoms with Crippen LogP contribution in [-0.4, -0.2) is 10.9 Å². The van der Waals surface area contributed by atoms with Crippen molar-refractivity contribution in [1.29, 1.82) is 0 Å². The number of thiazole rings is 1. The summed E-state index contributed by atoms with van der Waals surface area (Å²) in [7, 11) is 0. The van der Waals surface area contributed by atoms with Crippen molar-refractivity contribution >= 4 is 38.7 Å². The molecular formula is C26H16F6N2OS. The highest BCUT2D eigenvalue weighted by Crippen LogP contribution is 2.33. The first-order valence-corrected chi connectivity index (χ1v) is 11.3. The number of halogens is 6. The highest BCUT2D eigenvalue weighted by Gasteiger charge is 2.31. The average Bonchev–Trinajstić information content (AvgIpc) is 3.29. The van der Waals surface area contributed by atoms with Gasteiger partial charge in [0, 0.05) is 11.8 Å². The van der Waals surface area contributed by atoms with Gasteiger partial charge in [-0.25, -0.2) is 4.98 Å². The lowest BCUT2D eigenvalue weighted by Crippen LogP contribution is -2.07. The molecule has 3 nitrogen and oxygen atoms in total. The number of rotatable bonds is 5. The summed E-state index contributed by atoms with van der Waals surface area (Å²) in [5.74, 6) is -0.464. The molecule has 1 aromatic heterocycles. The summed E-state index contributed by atoms with van der Waals surface area (Å²) >= 11 is 1.42. The minimum absolute atomic E-state index is 0.337. The molecule has 4 rings (SSSR count). The number of hydrogen-bond donors (Lipinski definition) is 1. The Bertz CT molecular complexity index is 1370. The van der Waals surface area contributed by atoms with E-state index >= 15 is 0 Å². The molecule has 4 aromatic rings. The van der Waals surface area contributed by atoms with E-state index in [0.29, 0.717) is 22.4 Å². The van der Waals surface area contributed by atoms with E-state index in [1.165, 1.54) is 53.8 Å². The molecule has 0 unspecified atom stereocenters. The van der Waals surface area contributed by atoms with Gasteiger partial charge < -0.3 is 5.32 Å². The van der Waals surface area contributed by atoms with Gasteiger partial charge in [-0.05, 0) is 59.2 Å². The number of amides is 1. The summed E-state index contributed by atoms with van der Waals surface area (Å²) in [6.45, 7) is 0. The summed E-state index contributed by atoms with van der Waals surface area (Å²) in [6.07, 6.45) is -5.01. The lowest BCUT2D eigenvalue weighted by Gasteiger charge is -2.12. The largest absolute Gasteiger partial charge is 0.416 e. The fourth-order valence-electron chi connectivity index (χ4n) is 3.39. The van der Waals surface area contributed by atoms with E-state index in [0.717, 1.165) is 34.5 Å². The first-order chi connectivity index (χ1) is 17.0. The maximum absolute atomic E-state index is 13.0. The summed E-state index contributed by atoms with van der Waals surface area (Å²) in [6, 6.07) is 13.7. The van der Waals surface area contributed by atoms with Gasteiger partial charge in [0.05, 0.1) is 26.9 Å². The van der Waals surface area contributed by atoms with Crippen molar-refractivity contribution in [2.24, 2.45) is 0 Å². The zero-order valence-electron chi connectivity index (χ0n) is 18.2. The smallest absolute Gasteiger partial charge is 0.322 e.